The third-order valence-electron chi connectivity index (χ3n) is 5.34. The maximum Gasteiger partial charge on any atom is 0.329 e. The lowest BCUT2D eigenvalue weighted by Gasteiger charge is -2.42. The lowest BCUT2D eigenvalue weighted by molar-refractivity contribution is 0.186. The van der Waals surface area contributed by atoms with Gasteiger partial charge in [0.2, 0.25) is 0 Å². The molecule has 0 aliphatic heterocycles. The first-order valence-electron chi connectivity index (χ1n) is 10.8. The van der Waals surface area contributed by atoms with Crippen molar-refractivity contribution in [3.63, 3.8) is 0 Å². The van der Waals surface area contributed by atoms with Crippen molar-refractivity contribution in [1.29, 1.82) is 0 Å². The molecule has 0 aliphatic rings. The maximum absolute atomic E-state index is 12.1. The van der Waals surface area contributed by atoms with Crippen LogP contribution in [0.5, 0.6) is 0 Å². The molecule has 0 amide bonds. The van der Waals surface area contributed by atoms with Crippen molar-refractivity contribution in [3.05, 3.63) is 60.7 Å². The maximum atomic E-state index is 12.1. The monoisotopic (exact) mass is 458 g/mol. The van der Waals surface area contributed by atoms with E-state index < -0.39 is 15.9 Å². The Morgan fingerprint density at radius 1 is 1.00 bits per heavy atom. The highest BCUT2D eigenvalue weighted by molar-refractivity contribution is 7.52. The van der Waals surface area contributed by atoms with Gasteiger partial charge < -0.3 is 13.8 Å². The Kier molecular flexibility index (Phi) is 9.30. The summed E-state index contributed by atoms with van der Waals surface area (Å²) < 4.78 is 24.0. The van der Waals surface area contributed by atoms with Crippen molar-refractivity contribution in [3.8, 4) is 11.8 Å². The number of rotatable bonds is 9. The van der Waals surface area contributed by atoms with Crippen LogP contribution < -0.4 is 10.4 Å². The van der Waals surface area contributed by atoms with Crippen LogP contribution in [0.3, 0.4) is 0 Å². The molecule has 0 saturated carbocycles. The van der Waals surface area contributed by atoms with E-state index >= 15 is 0 Å². The fourth-order valence-corrected chi connectivity index (χ4v) is 9.31. The van der Waals surface area contributed by atoms with Gasteiger partial charge in [0, 0.05) is 6.42 Å². The van der Waals surface area contributed by atoms with Crippen molar-refractivity contribution in [2.75, 3.05) is 12.8 Å². The Morgan fingerprint density at radius 3 is 1.97 bits per heavy atom. The van der Waals surface area contributed by atoms with Crippen LogP contribution in [0.15, 0.2) is 60.7 Å². The Hall–Kier alpha value is -1.67. The molecule has 0 radical (unpaired) electrons. The van der Waals surface area contributed by atoms with Gasteiger partial charge in [-0.05, 0) is 28.8 Å². The first kappa shape index (κ1) is 25.6. The van der Waals surface area contributed by atoms with E-state index in [4.69, 9.17) is 8.95 Å². The van der Waals surface area contributed by atoms with Gasteiger partial charge >= 0.3 is 7.60 Å². The van der Waals surface area contributed by atoms with Gasteiger partial charge in [0.25, 0.3) is 8.32 Å². The van der Waals surface area contributed by atoms with Gasteiger partial charge in [-0.25, -0.2) is 0 Å². The molecule has 2 aromatic rings. The fraction of sp³-hybridized carbons (Fsp3) is 0.440. The molecule has 2 aromatic carbocycles. The van der Waals surface area contributed by atoms with Gasteiger partial charge in [-0.3, -0.25) is 4.57 Å². The van der Waals surface area contributed by atoms with Crippen molar-refractivity contribution in [1.82, 2.24) is 0 Å². The summed E-state index contributed by atoms with van der Waals surface area (Å²) in [5.74, 6) is 6.06. The Bertz CT molecular complexity index is 874. The van der Waals surface area contributed by atoms with Crippen LogP contribution in [0.25, 0.3) is 0 Å². The highest BCUT2D eigenvalue weighted by Gasteiger charge is 2.49. The van der Waals surface area contributed by atoms with Crippen LogP contribution in [-0.2, 0) is 13.5 Å². The highest BCUT2D eigenvalue weighted by Crippen LogP contribution is 2.44. The summed E-state index contributed by atoms with van der Waals surface area (Å²) in [5, 5.41) is 2.30. The molecular weight excluding hydrogens is 423 g/mol. The molecule has 2 rings (SSSR count). The van der Waals surface area contributed by atoms with Gasteiger partial charge in [-0.15, -0.1) is 5.92 Å². The van der Waals surface area contributed by atoms with Crippen LogP contribution >= 0.6 is 7.60 Å². The lowest BCUT2D eigenvalue weighted by atomic mass is 10.2. The van der Waals surface area contributed by atoms with E-state index in [0.29, 0.717) is 12.8 Å². The normalized spacial score (nSPS) is 14.9. The summed E-state index contributed by atoms with van der Waals surface area (Å²) in [7, 11) is -6.21. The molecule has 168 valence electrons. The van der Waals surface area contributed by atoms with Gasteiger partial charge in [0.05, 0.1) is 18.9 Å². The van der Waals surface area contributed by atoms with Gasteiger partial charge in [-0.2, -0.15) is 0 Å². The second kappa shape index (κ2) is 11.3. The molecule has 31 heavy (non-hydrogen) atoms. The van der Waals surface area contributed by atoms with Crippen molar-refractivity contribution >= 4 is 26.3 Å². The minimum atomic E-state index is -3.60. The van der Waals surface area contributed by atoms with Gasteiger partial charge in [-0.1, -0.05) is 94.3 Å². The van der Waals surface area contributed by atoms with Gasteiger partial charge in [0.1, 0.15) is 0 Å². The molecule has 0 saturated heterocycles. The van der Waals surface area contributed by atoms with Crippen LogP contribution in [0.4, 0.5) is 0 Å². The standard InChI is InChI=1S/C25H35O4PSi/c1-6-22(2)29-30(26,27)21-15-9-14-20-28-31(25(3,4)5,23-16-10-7-11-17-23)24-18-12-8-13-19-24/h7-8,10-13,16-19,22H,6,15,20-21H2,1-5H3,(H,26,27). The second-order valence-electron chi connectivity index (χ2n) is 8.74. The highest BCUT2D eigenvalue weighted by atomic mass is 31.2. The molecule has 6 heteroatoms. The first-order chi connectivity index (χ1) is 14.6. The molecule has 0 heterocycles. The average Bonchev–Trinajstić information content (AvgIpc) is 2.73. The van der Waals surface area contributed by atoms with Crippen LogP contribution in [0.1, 0.15) is 47.5 Å². The second-order valence-corrected chi connectivity index (χ2v) is 15.0. The zero-order chi connectivity index (χ0) is 23.0. The predicted octanol–water partition coefficient (Wildman–Crippen LogP) is 4.96. The van der Waals surface area contributed by atoms with E-state index in [-0.39, 0.29) is 23.9 Å². The van der Waals surface area contributed by atoms with Crippen molar-refractivity contribution in [2.24, 2.45) is 0 Å². The third kappa shape index (κ3) is 6.90. The van der Waals surface area contributed by atoms with E-state index in [1.54, 1.807) is 6.92 Å². The van der Waals surface area contributed by atoms with Crippen LogP contribution in [0.2, 0.25) is 5.04 Å². The third-order valence-corrected chi connectivity index (χ3v) is 11.8. The number of hydrogen-bond donors (Lipinski definition) is 1. The zero-order valence-electron chi connectivity index (χ0n) is 19.3. The molecule has 1 N–H and O–H groups in total. The van der Waals surface area contributed by atoms with Crippen molar-refractivity contribution < 1.29 is 18.4 Å². The predicted molar refractivity (Wildman–Crippen MR) is 131 cm³/mol. The molecule has 2 atom stereocenters. The zero-order valence-corrected chi connectivity index (χ0v) is 21.2. The Labute approximate surface area is 188 Å². The topological polar surface area (TPSA) is 55.8 Å². The quantitative estimate of drug-likeness (QED) is 0.328. The summed E-state index contributed by atoms with van der Waals surface area (Å²) in [6, 6.07) is 20.8. The molecule has 0 aromatic heterocycles. The molecule has 0 bridgehead atoms. The van der Waals surface area contributed by atoms with E-state index in [1.165, 1.54) is 10.4 Å². The molecule has 0 aliphatic carbocycles. The Balaban J connectivity index is 2.20. The SMILES string of the molecule is CCC(C)OP(=O)(O)CCC#CCO[Si](c1ccccc1)(c1ccccc1)C(C)(C)C. The summed E-state index contributed by atoms with van der Waals surface area (Å²) >= 11 is 0. The summed E-state index contributed by atoms with van der Waals surface area (Å²) in [4.78, 5) is 9.95. The summed E-state index contributed by atoms with van der Waals surface area (Å²) in [6.07, 6.45) is 0.794. The van der Waals surface area contributed by atoms with E-state index in [2.05, 4.69) is 81.1 Å². The van der Waals surface area contributed by atoms with Crippen LogP contribution in [-0.4, -0.2) is 32.1 Å². The molecular formula is C25H35O4PSi. The Morgan fingerprint density at radius 2 is 1.52 bits per heavy atom. The number of benzene rings is 2. The molecule has 0 spiro atoms. The average molecular weight is 459 g/mol. The largest absolute Gasteiger partial charge is 0.396 e. The smallest absolute Gasteiger partial charge is 0.329 e. The van der Waals surface area contributed by atoms with Crippen LogP contribution in [0, 0.1) is 11.8 Å². The molecule has 2 unspecified atom stereocenters. The van der Waals surface area contributed by atoms with E-state index in [9.17, 15) is 9.46 Å². The van der Waals surface area contributed by atoms with E-state index in [1.807, 2.05) is 19.1 Å². The number of hydrogen-bond acceptors (Lipinski definition) is 3. The van der Waals surface area contributed by atoms with Crippen molar-refractivity contribution in [2.45, 2.75) is 58.6 Å². The summed E-state index contributed by atoms with van der Waals surface area (Å²) in [6.45, 7) is 10.7. The molecule has 4 nitrogen and oxygen atoms in total. The molecule has 0 fully saturated rings. The first-order valence-corrected chi connectivity index (χ1v) is 14.5. The van der Waals surface area contributed by atoms with Gasteiger partial charge in [0.15, 0.2) is 0 Å². The fourth-order valence-electron chi connectivity index (χ4n) is 3.65. The lowest BCUT2D eigenvalue weighted by Crippen LogP contribution is -2.66. The van der Waals surface area contributed by atoms with E-state index in [0.717, 1.165) is 0 Å². The minimum Gasteiger partial charge on any atom is -0.396 e. The summed E-state index contributed by atoms with van der Waals surface area (Å²) in [5.41, 5.74) is 0. The minimum absolute atomic E-state index is 0.0313.